The Morgan fingerprint density at radius 3 is 2.44 bits per heavy atom. The van der Waals surface area contributed by atoms with Crippen LogP contribution in [0.25, 0.3) is 0 Å². The summed E-state index contributed by atoms with van der Waals surface area (Å²) in [6, 6.07) is 7.19. The lowest BCUT2D eigenvalue weighted by Crippen LogP contribution is -2.07. The van der Waals surface area contributed by atoms with E-state index in [-0.39, 0.29) is 11.7 Å². The molecule has 0 spiro atoms. The smallest absolute Gasteiger partial charge is 0.298 e. The maximum Gasteiger partial charge on any atom is 0.298 e. The Kier molecular flexibility index (Phi) is 4.70. The Balaban J connectivity index is 2.49. The average Bonchev–Trinajstić information content (AvgIpc) is 2.28. The van der Waals surface area contributed by atoms with Gasteiger partial charge in [0, 0.05) is 12.3 Å². The molecule has 86 valence electrons. The second-order valence-electron chi connectivity index (χ2n) is 3.98. The van der Waals surface area contributed by atoms with Crippen molar-refractivity contribution in [3.8, 4) is 5.75 Å². The largest absolute Gasteiger partial charge is 0.429 e. The molecule has 0 aliphatic carbocycles. The van der Waals surface area contributed by atoms with Gasteiger partial charge in [0.2, 0.25) is 0 Å². The monoisotopic (exact) mass is 220 g/mol. The predicted octanol–water partition coefficient (Wildman–Crippen LogP) is 2.38. The summed E-state index contributed by atoms with van der Waals surface area (Å²) in [5.74, 6) is 0.889. The van der Waals surface area contributed by atoms with E-state index in [2.05, 4.69) is 4.74 Å². The number of carbonyl (C=O) groups is 2. The van der Waals surface area contributed by atoms with Crippen molar-refractivity contribution in [2.24, 2.45) is 5.92 Å². The van der Waals surface area contributed by atoms with Gasteiger partial charge in [-0.3, -0.25) is 9.59 Å². The summed E-state index contributed by atoms with van der Waals surface area (Å²) in [7, 11) is 0. The van der Waals surface area contributed by atoms with Gasteiger partial charge >= 0.3 is 0 Å². The average molecular weight is 220 g/mol. The van der Waals surface area contributed by atoms with Gasteiger partial charge in [0.1, 0.15) is 11.5 Å². The van der Waals surface area contributed by atoms with Crippen molar-refractivity contribution >= 4 is 12.3 Å². The third-order valence-corrected chi connectivity index (χ3v) is 2.41. The minimum atomic E-state index is 0.0951. The standard InChI is InChI=1S/C13H16O3/c1-10(2)13(15)8-5-11-3-6-12(7-4-11)16-9-14/h3-4,6-7,9-10H,5,8H2,1-2H3. The molecule has 0 aliphatic heterocycles. The second-order valence-corrected chi connectivity index (χ2v) is 3.98. The van der Waals surface area contributed by atoms with E-state index in [1.54, 1.807) is 12.1 Å². The molecule has 16 heavy (non-hydrogen) atoms. The molecule has 0 saturated heterocycles. The zero-order valence-corrected chi connectivity index (χ0v) is 9.60. The molecule has 0 fully saturated rings. The first-order valence-corrected chi connectivity index (χ1v) is 5.35. The van der Waals surface area contributed by atoms with Gasteiger partial charge < -0.3 is 4.74 Å². The van der Waals surface area contributed by atoms with E-state index in [9.17, 15) is 9.59 Å². The van der Waals surface area contributed by atoms with Crippen molar-refractivity contribution in [1.82, 2.24) is 0 Å². The van der Waals surface area contributed by atoms with Gasteiger partial charge in [0.15, 0.2) is 0 Å². The maximum absolute atomic E-state index is 11.4. The van der Waals surface area contributed by atoms with E-state index in [1.165, 1.54) is 0 Å². The summed E-state index contributed by atoms with van der Waals surface area (Å²) < 4.78 is 4.68. The van der Waals surface area contributed by atoms with Crippen LogP contribution < -0.4 is 4.74 Å². The highest BCUT2D eigenvalue weighted by Gasteiger charge is 2.06. The summed E-state index contributed by atoms with van der Waals surface area (Å²) in [6.45, 7) is 4.21. The van der Waals surface area contributed by atoms with Crippen molar-refractivity contribution in [2.45, 2.75) is 26.7 Å². The first-order chi connectivity index (χ1) is 7.63. The zero-order chi connectivity index (χ0) is 12.0. The Morgan fingerprint density at radius 1 is 1.31 bits per heavy atom. The highest BCUT2D eigenvalue weighted by Crippen LogP contribution is 2.13. The molecule has 0 aliphatic rings. The fraction of sp³-hybridized carbons (Fsp3) is 0.385. The molecule has 1 aromatic carbocycles. The first kappa shape index (κ1) is 12.4. The SMILES string of the molecule is CC(C)C(=O)CCc1ccc(OC=O)cc1. The number of ketones is 1. The molecular formula is C13H16O3. The van der Waals surface area contributed by atoms with E-state index in [1.807, 2.05) is 26.0 Å². The van der Waals surface area contributed by atoms with Gasteiger partial charge in [-0.15, -0.1) is 0 Å². The zero-order valence-electron chi connectivity index (χ0n) is 9.60. The number of Topliss-reactive ketones (excluding diaryl/α,β-unsaturated/α-hetero) is 1. The maximum atomic E-state index is 11.4. The number of hydrogen-bond donors (Lipinski definition) is 0. The molecule has 0 saturated carbocycles. The lowest BCUT2D eigenvalue weighted by Gasteiger charge is -2.04. The summed E-state index contributed by atoms with van der Waals surface area (Å²) in [6.07, 6.45) is 1.30. The highest BCUT2D eigenvalue weighted by atomic mass is 16.5. The second kappa shape index (κ2) is 6.05. The van der Waals surface area contributed by atoms with Crippen molar-refractivity contribution in [2.75, 3.05) is 0 Å². The number of ether oxygens (including phenoxy) is 1. The van der Waals surface area contributed by atoms with Crippen LogP contribution in [0.2, 0.25) is 0 Å². The van der Waals surface area contributed by atoms with Crippen LogP contribution in [-0.2, 0) is 16.0 Å². The van der Waals surface area contributed by atoms with Crippen LogP contribution >= 0.6 is 0 Å². The number of benzene rings is 1. The molecule has 3 nitrogen and oxygen atoms in total. The van der Waals surface area contributed by atoms with Gasteiger partial charge in [0.05, 0.1) is 0 Å². The molecule has 0 bridgehead atoms. The Morgan fingerprint density at radius 2 is 1.94 bits per heavy atom. The Bertz CT molecular complexity index is 352. The van der Waals surface area contributed by atoms with Crippen molar-refractivity contribution < 1.29 is 14.3 Å². The predicted molar refractivity (Wildman–Crippen MR) is 61.3 cm³/mol. The molecule has 0 N–H and O–H groups in total. The van der Waals surface area contributed by atoms with Crippen molar-refractivity contribution in [1.29, 1.82) is 0 Å². The summed E-state index contributed by atoms with van der Waals surface area (Å²) in [5, 5.41) is 0. The van der Waals surface area contributed by atoms with Gasteiger partial charge in [-0.1, -0.05) is 26.0 Å². The van der Waals surface area contributed by atoms with E-state index >= 15 is 0 Å². The van der Waals surface area contributed by atoms with E-state index in [0.29, 0.717) is 18.6 Å². The fourth-order valence-electron chi connectivity index (χ4n) is 1.35. The minimum absolute atomic E-state index is 0.0951. The Labute approximate surface area is 95.4 Å². The number of hydrogen-bond acceptors (Lipinski definition) is 3. The lowest BCUT2D eigenvalue weighted by molar-refractivity contribution is -0.122. The summed E-state index contributed by atoms with van der Waals surface area (Å²) >= 11 is 0. The van der Waals surface area contributed by atoms with Crippen LogP contribution in [0, 0.1) is 5.92 Å². The van der Waals surface area contributed by atoms with Crippen molar-refractivity contribution in [3.63, 3.8) is 0 Å². The molecule has 0 unspecified atom stereocenters. The van der Waals surface area contributed by atoms with Gasteiger partial charge in [-0.25, -0.2) is 0 Å². The van der Waals surface area contributed by atoms with Gasteiger partial charge in [0.25, 0.3) is 6.47 Å². The Hall–Kier alpha value is -1.64. The minimum Gasteiger partial charge on any atom is -0.429 e. The molecule has 0 amide bonds. The van der Waals surface area contributed by atoms with Crippen LogP contribution in [0.1, 0.15) is 25.8 Å². The molecule has 0 atom stereocenters. The van der Waals surface area contributed by atoms with Crippen LogP contribution in [0.5, 0.6) is 5.75 Å². The number of aryl methyl sites for hydroxylation is 1. The van der Waals surface area contributed by atoms with E-state index in [4.69, 9.17) is 0 Å². The third kappa shape index (κ3) is 3.85. The van der Waals surface area contributed by atoms with Crippen LogP contribution in [0.3, 0.4) is 0 Å². The molecule has 0 radical (unpaired) electrons. The normalized spacial score (nSPS) is 10.2. The number of rotatable bonds is 6. The van der Waals surface area contributed by atoms with Gasteiger partial charge in [-0.2, -0.15) is 0 Å². The van der Waals surface area contributed by atoms with Crippen LogP contribution in [0.4, 0.5) is 0 Å². The molecule has 0 heterocycles. The molecule has 0 aromatic heterocycles. The molecule has 1 aromatic rings. The van der Waals surface area contributed by atoms with E-state index in [0.717, 1.165) is 12.0 Å². The third-order valence-electron chi connectivity index (χ3n) is 2.41. The van der Waals surface area contributed by atoms with Crippen molar-refractivity contribution in [3.05, 3.63) is 29.8 Å². The fourth-order valence-corrected chi connectivity index (χ4v) is 1.35. The molecule has 3 heteroatoms. The molecular weight excluding hydrogens is 204 g/mol. The quantitative estimate of drug-likeness (QED) is 0.691. The van der Waals surface area contributed by atoms with Crippen LogP contribution in [-0.4, -0.2) is 12.3 Å². The topological polar surface area (TPSA) is 43.4 Å². The van der Waals surface area contributed by atoms with Crippen LogP contribution in [0.15, 0.2) is 24.3 Å². The number of carbonyl (C=O) groups excluding carboxylic acids is 2. The molecule has 1 rings (SSSR count). The first-order valence-electron chi connectivity index (χ1n) is 5.35. The highest BCUT2D eigenvalue weighted by molar-refractivity contribution is 5.80. The van der Waals surface area contributed by atoms with E-state index < -0.39 is 0 Å². The summed E-state index contributed by atoms with van der Waals surface area (Å²) in [4.78, 5) is 21.5. The summed E-state index contributed by atoms with van der Waals surface area (Å²) in [5.41, 5.74) is 1.08. The van der Waals surface area contributed by atoms with Gasteiger partial charge in [-0.05, 0) is 24.1 Å². The lowest BCUT2D eigenvalue weighted by atomic mass is 10.0.